The van der Waals surface area contributed by atoms with Crippen molar-refractivity contribution < 1.29 is 9.15 Å². The van der Waals surface area contributed by atoms with E-state index in [2.05, 4.69) is 10.3 Å². The number of hydrogen-bond acceptors (Lipinski definition) is 4. The lowest BCUT2D eigenvalue weighted by Crippen LogP contribution is -2.28. The van der Waals surface area contributed by atoms with Crippen molar-refractivity contribution in [3.05, 3.63) is 24.1 Å². The third-order valence-electron chi connectivity index (χ3n) is 3.76. The van der Waals surface area contributed by atoms with Gasteiger partial charge in [0.1, 0.15) is 11.4 Å². The minimum Gasteiger partial charge on any atom is -0.486 e. The summed E-state index contributed by atoms with van der Waals surface area (Å²) >= 11 is 0. The Hall–Kier alpha value is -1.55. The number of aromatic nitrogens is 1. The Bertz CT molecular complexity index is 607. The van der Waals surface area contributed by atoms with E-state index in [9.17, 15) is 0 Å². The van der Waals surface area contributed by atoms with E-state index >= 15 is 0 Å². The average Bonchev–Trinajstić information content (AvgIpc) is 2.82. The molecule has 0 amide bonds. The second-order valence-electron chi connectivity index (χ2n) is 6.82. The molecule has 0 radical (unpaired) electrons. The van der Waals surface area contributed by atoms with Crippen LogP contribution in [0.2, 0.25) is 0 Å². The zero-order chi connectivity index (χ0) is 14.9. The summed E-state index contributed by atoms with van der Waals surface area (Å²) in [6.45, 7) is 8.33. The molecule has 114 valence electrons. The van der Waals surface area contributed by atoms with Gasteiger partial charge < -0.3 is 14.5 Å². The molecule has 2 heterocycles. The molecule has 21 heavy (non-hydrogen) atoms. The molecule has 1 aromatic carbocycles. The molecule has 3 rings (SSSR count). The fraction of sp³-hybridized carbons (Fsp3) is 0.588. The highest BCUT2D eigenvalue weighted by molar-refractivity contribution is 5.79. The number of nitrogens with zero attached hydrogens (tertiary/aromatic N) is 1. The van der Waals surface area contributed by atoms with E-state index in [1.165, 1.54) is 12.8 Å². The maximum absolute atomic E-state index is 5.99. The second kappa shape index (κ2) is 5.68. The van der Waals surface area contributed by atoms with E-state index in [0.29, 0.717) is 5.92 Å². The summed E-state index contributed by atoms with van der Waals surface area (Å²) in [5.74, 6) is 2.31. The lowest BCUT2D eigenvalue weighted by atomic mass is 9.95. The zero-order valence-electron chi connectivity index (χ0n) is 13.1. The summed E-state index contributed by atoms with van der Waals surface area (Å²) in [5, 5.41) is 3.39. The highest BCUT2D eigenvalue weighted by atomic mass is 16.5. The Morgan fingerprint density at radius 2 is 2.05 bits per heavy atom. The first-order chi connectivity index (χ1) is 10.0. The Morgan fingerprint density at radius 1 is 1.29 bits per heavy atom. The lowest BCUT2D eigenvalue weighted by molar-refractivity contribution is 0.133. The van der Waals surface area contributed by atoms with Crippen molar-refractivity contribution in [3.63, 3.8) is 0 Å². The maximum Gasteiger partial charge on any atom is 0.195 e. The minimum absolute atomic E-state index is 0.234. The molecule has 4 nitrogen and oxygen atoms in total. The predicted molar refractivity (Wildman–Crippen MR) is 83.7 cm³/mol. The van der Waals surface area contributed by atoms with Gasteiger partial charge in [0.05, 0.1) is 0 Å². The molecule has 0 atom stereocenters. The highest BCUT2D eigenvalue weighted by Crippen LogP contribution is 2.30. The molecular formula is C17H24N2O2. The maximum atomic E-state index is 5.99. The molecule has 1 aromatic heterocycles. The van der Waals surface area contributed by atoms with Crippen LogP contribution in [0.25, 0.3) is 11.1 Å². The number of benzene rings is 1. The first kappa shape index (κ1) is 14.4. The SMILES string of the molecule is CC(C)(C)Oc1cccc2oc(CC3CCNCC3)nc12. The summed E-state index contributed by atoms with van der Waals surface area (Å²) in [6.07, 6.45) is 3.32. The molecule has 0 saturated carbocycles. The van der Waals surface area contributed by atoms with Crippen LogP contribution in [0.15, 0.2) is 22.6 Å². The topological polar surface area (TPSA) is 47.3 Å². The zero-order valence-corrected chi connectivity index (χ0v) is 13.1. The number of fused-ring (bicyclic) bond motifs is 1. The fourth-order valence-corrected chi connectivity index (χ4v) is 2.80. The van der Waals surface area contributed by atoms with Crippen LogP contribution in [0, 0.1) is 5.92 Å². The van der Waals surface area contributed by atoms with Crippen LogP contribution in [-0.4, -0.2) is 23.7 Å². The van der Waals surface area contributed by atoms with Crippen LogP contribution in [0.4, 0.5) is 0 Å². The fourth-order valence-electron chi connectivity index (χ4n) is 2.80. The van der Waals surface area contributed by atoms with Gasteiger partial charge in [-0.2, -0.15) is 0 Å². The third kappa shape index (κ3) is 3.56. The largest absolute Gasteiger partial charge is 0.486 e. The van der Waals surface area contributed by atoms with Crippen LogP contribution in [0.3, 0.4) is 0 Å². The summed E-state index contributed by atoms with van der Waals surface area (Å²) in [7, 11) is 0. The number of rotatable bonds is 3. The summed E-state index contributed by atoms with van der Waals surface area (Å²) in [6, 6.07) is 5.89. The second-order valence-corrected chi connectivity index (χ2v) is 6.82. The van der Waals surface area contributed by atoms with Gasteiger partial charge in [-0.3, -0.25) is 0 Å². The van der Waals surface area contributed by atoms with E-state index in [4.69, 9.17) is 9.15 Å². The number of hydrogen-bond donors (Lipinski definition) is 1. The molecule has 0 aliphatic carbocycles. The molecule has 4 heteroatoms. The Labute approximate surface area is 125 Å². The normalized spacial score (nSPS) is 17.3. The van der Waals surface area contributed by atoms with Crippen molar-refractivity contribution in [2.75, 3.05) is 13.1 Å². The monoisotopic (exact) mass is 288 g/mol. The lowest BCUT2D eigenvalue weighted by Gasteiger charge is -2.21. The molecule has 1 N–H and O–H groups in total. The molecule has 0 unspecified atom stereocenters. The van der Waals surface area contributed by atoms with Gasteiger partial charge in [0.15, 0.2) is 17.0 Å². The van der Waals surface area contributed by atoms with Crippen molar-refractivity contribution in [1.82, 2.24) is 10.3 Å². The summed E-state index contributed by atoms with van der Waals surface area (Å²) in [5.41, 5.74) is 1.43. The van der Waals surface area contributed by atoms with Crippen LogP contribution < -0.4 is 10.1 Å². The number of piperidine rings is 1. The van der Waals surface area contributed by atoms with E-state index < -0.39 is 0 Å². The predicted octanol–water partition coefficient (Wildman–Crippen LogP) is 3.55. The van der Waals surface area contributed by atoms with Gasteiger partial charge in [-0.15, -0.1) is 0 Å². The van der Waals surface area contributed by atoms with Gasteiger partial charge in [-0.05, 0) is 64.8 Å². The average molecular weight is 288 g/mol. The molecular weight excluding hydrogens is 264 g/mol. The molecule has 1 aliphatic heterocycles. The van der Waals surface area contributed by atoms with E-state index in [1.54, 1.807) is 0 Å². The molecule has 1 saturated heterocycles. The van der Waals surface area contributed by atoms with E-state index in [0.717, 1.165) is 42.3 Å². The van der Waals surface area contributed by atoms with Crippen LogP contribution in [0.1, 0.15) is 39.5 Å². The van der Waals surface area contributed by atoms with Gasteiger partial charge in [0.2, 0.25) is 0 Å². The van der Waals surface area contributed by atoms with Gasteiger partial charge in [0, 0.05) is 6.42 Å². The molecule has 0 bridgehead atoms. The molecule has 1 fully saturated rings. The van der Waals surface area contributed by atoms with Crippen molar-refractivity contribution in [3.8, 4) is 5.75 Å². The van der Waals surface area contributed by atoms with Gasteiger partial charge >= 0.3 is 0 Å². The number of nitrogens with one attached hydrogen (secondary N) is 1. The number of ether oxygens (including phenoxy) is 1. The molecule has 1 aliphatic rings. The quantitative estimate of drug-likeness (QED) is 0.938. The van der Waals surface area contributed by atoms with Gasteiger partial charge in [-0.25, -0.2) is 4.98 Å². The van der Waals surface area contributed by atoms with Crippen molar-refractivity contribution in [1.29, 1.82) is 0 Å². The highest BCUT2D eigenvalue weighted by Gasteiger charge is 2.20. The first-order valence-electron chi connectivity index (χ1n) is 7.79. The third-order valence-corrected chi connectivity index (χ3v) is 3.76. The molecule has 0 spiro atoms. The summed E-state index contributed by atoms with van der Waals surface area (Å²) < 4.78 is 11.9. The van der Waals surface area contributed by atoms with Crippen LogP contribution in [0.5, 0.6) is 5.75 Å². The van der Waals surface area contributed by atoms with Gasteiger partial charge in [0.25, 0.3) is 0 Å². The van der Waals surface area contributed by atoms with E-state index in [1.807, 2.05) is 39.0 Å². The Balaban J connectivity index is 1.83. The smallest absolute Gasteiger partial charge is 0.195 e. The van der Waals surface area contributed by atoms with Crippen LogP contribution >= 0.6 is 0 Å². The number of para-hydroxylation sites is 1. The number of oxazole rings is 1. The summed E-state index contributed by atoms with van der Waals surface area (Å²) in [4.78, 5) is 4.68. The first-order valence-corrected chi connectivity index (χ1v) is 7.79. The molecule has 2 aromatic rings. The van der Waals surface area contributed by atoms with Crippen LogP contribution in [-0.2, 0) is 6.42 Å². The Kier molecular flexibility index (Phi) is 3.89. The van der Waals surface area contributed by atoms with Crippen molar-refractivity contribution in [2.45, 2.75) is 45.6 Å². The standard InChI is InChI=1S/C17H24N2O2/c1-17(2,3)21-14-6-4-5-13-16(14)19-15(20-13)11-12-7-9-18-10-8-12/h4-6,12,18H,7-11H2,1-3H3. The van der Waals surface area contributed by atoms with Gasteiger partial charge in [-0.1, -0.05) is 6.07 Å². The van der Waals surface area contributed by atoms with Crippen molar-refractivity contribution >= 4 is 11.1 Å². The Morgan fingerprint density at radius 3 is 2.76 bits per heavy atom. The van der Waals surface area contributed by atoms with E-state index in [-0.39, 0.29) is 5.60 Å². The van der Waals surface area contributed by atoms with Crippen molar-refractivity contribution in [2.24, 2.45) is 5.92 Å². The minimum atomic E-state index is -0.234.